The lowest BCUT2D eigenvalue weighted by Gasteiger charge is -2.16. The van der Waals surface area contributed by atoms with Gasteiger partial charge in [0.1, 0.15) is 17.7 Å². The lowest BCUT2D eigenvalue weighted by Crippen LogP contribution is -2.24. The highest BCUT2D eigenvalue weighted by Gasteiger charge is 2.29. The van der Waals surface area contributed by atoms with Gasteiger partial charge in [-0.05, 0) is 49.6 Å². The van der Waals surface area contributed by atoms with Gasteiger partial charge in [0.05, 0.1) is 17.6 Å². The van der Waals surface area contributed by atoms with Gasteiger partial charge in [0.15, 0.2) is 11.0 Å². The molecule has 43 heavy (non-hydrogen) atoms. The molecule has 2 bridgehead atoms. The Morgan fingerprint density at radius 3 is 2.65 bits per heavy atom. The van der Waals surface area contributed by atoms with E-state index in [4.69, 9.17) is 23.2 Å². The summed E-state index contributed by atoms with van der Waals surface area (Å²) in [7, 11) is 0. The summed E-state index contributed by atoms with van der Waals surface area (Å²) >= 11 is 12.2. The first kappa shape index (κ1) is 28.6. The van der Waals surface area contributed by atoms with Crippen LogP contribution in [-0.2, 0) is 11.2 Å². The largest absolute Gasteiger partial charge is 0.333 e. The minimum atomic E-state index is -3.08. The lowest BCUT2D eigenvalue weighted by molar-refractivity contribution is -0.119. The Balaban J connectivity index is 1.52. The summed E-state index contributed by atoms with van der Waals surface area (Å²) in [5.41, 5.74) is 1.53. The number of pyridine rings is 1. The van der Waals surface area contributed by atoms with E-state index in [0.717, 1.165) is 23.1 Å². The Morgan fingerprint density at radius 2 is 1.91 bits per heavy atom. The predicted octanol–water partition coefficient (Wildman–Crippen LogP) is 5.74. The molecule has 6 rings (SSSR count). The number of aromatic nitrogens is 8. The standard InChI is InChI=1S/C28H23Cl2F2N9O2/c1-15-4-2-3-5-18-10-16(8-9-33-18)25-24(35-27(15)43)26(37-41(25)28(31)32)39-14-34-20(12-23(39)42)19-11-17(29)6-7-21(19)40-13-22(30)36-38-40/h6-15,28H,2-5H2,1H3,(H,35,43). The monoisotopic (exact) mass is 625 g/mol. The third-order valence-electron chi connectivity index (χ3n) is 7.17. The molecule has 0 fully saturated rings. The molecule has 0 spiro atoms. The molecule has 0 saturated heterocycles. The first-order valence-electron chi connectivity index (χ1n) is 13.3. The molecule has 1 amide bonds. The summed E-state index contributed by atoms with van der Waals surface area (Å²) in [6.45, 7) is -1.31. The van der Waals surface area contributed by atoms with Gasteiger partial charge in [-0.2, -0.15) is 13.5 Å². The molecule has 220 valence electrons. The van der Waals surface area contributed by atoms with Gasteiger partial charge in [0.25, 0.3) is 5.56 Å². The van der Waals surface area contributed by atoms with Gasteiger partial charge in [0, 0.05) is 40.0 Å². The van der Waals surface area contributed by atoms with Crippen LogP contribution in [0.5, 0.6) is 0 Å². The second-order valence-corrected chi connectivity index (χ2v) is 10.9. The molecule has 1 atom stereocenters. The van der Waals surface area contributed by atoms with Crippen molar-refractivity contribution in [2.24, 2.45) is 5.92 Å². The first-order valence-corrected chi connectivity index (χ1v) is 14.1. The number of hydrogen-bond donors (Lipinski definition) is 1. The van der Waals surface area contributed by atoms with Crippen molar-refractivity contribution in [2.45, 2.75) is 39.2 Å². The summed E-state index contributed by atoms with van der Waals surface area (Å²) in [6.07, 6.45) is 6.98. The van der Waals surface area contributed by atoms with Crippen LogP contribution in [0.3, 0.4) is 0 Å². The van der Waals surface area contributed by atoms with Gasteiger partial charge in [-0.1, -0.05) is 41.8 Å². The molecule has 4 aromatic heterocycles. The normalized spacial score (nSPS) is 15.5. The van der Waals surface area contributed by atoms with E-state index in [0.29, 0.717) is 39.4 Å². The topological polar surface area (TPSA) is 125 Å². The van der Waals surface area contributed by atoms with Crippen molar-refractivity contribution in [3.05, 3.63) is 81.3 Å². The van der Waals surface area contributed by atoms with E-state index >= 15 is 0 Å². The predicted molar refractivity (Wildman–Crippen MR) is 156 cm³/mol. The summed E-state index contributed by atoms with van der Waals surface area (Å²) in [5, 5.41) is 15.2. The van der Waals surface area contributed by atoms with Gasteiger partial charge in [-0.25, -0.2) is 14.2 Å². The van der Waals surface area contributed by atoms with Crippen LogP contribution in [0.15, 0.2) is 59.9 Å². The third-order valence-corrected chi connectivity index (χ3v) is 7.58. The Labute approximate surface area is 253 Å². The van der Waals surface area contributed by atoms with Gasteiger partial charge in [0.2, 0.25) is 5.91 Å². The van der Waals surface area contributed by atoms with Crippen LogP contribution in [0.4, 0.5) is 14.5 Å². The van der Waals surface area contributed by atoms with Gasteiger partial charge in [-0.3, -0.25) is 14.6 Å². The maximum Gasteiger partial charge on any atom is 0.333 e. The average molecular weight is 626 g/mol. The number of nitrogens with one attached hydrogen (secondary N) is 1. The zero-order valence-corrected chi connectivity index (χ0v) is 24.1. The molecule has 1 aliphatic rings. The molecule has 1 unspecified atom stereocenters. The van der Waals surface area contributed by atoms with Crippen LogP contribution in [0.1, 0.15) is 38.4 Å². The molecular weight excluding hydrogens is 603 g/mol. The molecule has 1 aromatic carbocycles. The van der Waals surface area contributed by atoms with Gasteiger partial charge < -0.3 is 5.32 Å². The molecule has 11 nitrogen and oxygen atoms in total. The lowest BCUT2D eigenvalue weighted by atomic mass is 9.99. The van der Waals surface area contributed by atoms with E-state index in [-0.39, 0.29) is 34.0 Å². The second kappa shape index (κ2) is 11.7. The first-order chi connectivity index (χ1) is 20.7. The number of hydrogen-bond acceptors (Lipinski definition) is 7. The zero-order chi connectivity index (χ0) is 30.2. The summed E-state index contributed by atoms with van der Waals surface area (Å²) in [5.74, 6) is -0.992. The molecule has 5 heterocycles. The number of amides is 1. The molecule has 1 aliphatic heterocycles. The average Bonchev–Trinajstić information content (AvgIpc) is 3.58. The summed E-state index contributed by atoms with van der Waals surface area (Å²) in [6, 6.07) is 9.37. The number of rotatable bonds is 4. The number of aryl methyl sites for hydroxylation is 1. The van der Waals surface area contributed by atoms with Crippen molar-refractivity contribution in [1.29, 1.82) is 0 Å². The maximum atomic E-state index is 14.4. The fourth-order valence-electron chi connectivity index (χ4n) is 5.00. The Kier molecular flexibility index (Phi) is 7.75. The van der Waals surface area contributed by atoms with Crippen molar-refractivity contribution in [3.63, 3.8) is 0 Å². The van der Waals surface area contributed by atoms with E-state index in [2.05, 4.69) is 30.7 Å². The number of nitrogens with zero attached hydrogens (tertiary/aromatic N) is 8. The Morgan fingerprint density at radius 1 is 1.07 bits per heavy atom. The molecule has 5 aromatic rings. The maximum absolute atomic E-state index is 14.4. The minimum absolute atomic E-state index is 0.0350. The van der Waals surface area contributed by atoms with Crippen LogP contribution in [0.2, 0.25) is 10.2 Å². The van der Waals surface area contributed by atoms with Crippen molar-refractivity contribution in [1.82, 2.24) is 39.3 Å². The van der Waals surface area contributed by atoms with Crippen molar-refractivity contribution in [3.8, 4) is 34.0 Å². The molecule has 0 saturated carbocycles. The van der Waals surface area contributed by atoms with E-state index in [1.807, 2.05) is 0 Å². The zero-order valence-electron chi connectivity index (χ0n) is 22.6. The number of anilines is 1. The summed E-state index contributed by atoms with van der Waals surface area (Å²) in [4.78, 5) is 35.6. The SMILES string of the molecule is CC1CCCCc2cc(ccn2)-c2c(c(-n3cnc(-c4cc(Cl)ccc4-n4cc(Cl)nn4)cc3=O)nn2C(F)F)NC1=O. The highest BCUT2D eigenvalue weighted by Crippen LogP contribution is 2.37. The Bertz CT molecular complexity index is 1900. The van der Waals surface area contributed by atoms with Gasteiger partial charge >= 0.3 is 6.55 Å². The second-order valence-electron chi connectivity index (χ2n) is 10.1. The van der Waals surface area contributed by atoms with Gasteiger partial charge in [-0.15, -0.1) is 10.2 Å². The molecular formula is C28H23Cl2F2N9O2. The van der Waals surface area contributed by atoms with Crippen LogP contribution < -0.4 is 10.9 Å². The number of alkyl halides is 2. The number of carbonyl (C=O) groups excluding carboxylic acids is 1. The number of fused-ring (bicyclic) bond motifs is 4. The van der Waals surface area contributed by atoms with Crippen LogP contribution >= 0.6 is 23.2 Å². The van der Waals surface area contributed by atoms with Crippen molar-refractivity contribution < 1.29 is 13.6 Å². The fraction of sp³-hybridized carbons (Fsp3) is 0.250. The van der Waals surface area contributed by atoms with Crippen molar-refractivity contribution in [2.75, 3.05) is 5.32 Å². The van der Waals surface area contributed by atoms with E-state index < -0.39 is 18.0 Å². The quantitative estimate of drug-likeness (QED) is 0.270. The Hall–Kier alpha value is -4.49. The molecule has 0 aliphatic carbocycles. The number of carbonyl (C=O) groups is 1. The molecule has 0 radical (unpaired) electrons. The molecule has 1 N–H and O–H groups in total. The smallest absolute Gasteiger partial charge is 0.321 e. The highest BCUT2D eigenvalue weighted by atomic mass is 35.5. The van der Waals surface area contributed by atoms with Crippen LogP contribution in [0.25, 0.3) is 34.0 Å². The number of benzene rings is 1. The highest BCUT2D eigenvalue weighted by molar-refractivity contribution is 6.31. The van der Waals surface area contributed by atoms with E-state index in [1.165, 1.54) is 29.5 Å². The third kappa shape index (κ3) is 5.65. The summed E-state index contributed by atoms with van der Waals surface area (Å²) < 4.78 is 31.8. The fourth-order valence-corrected chi connectivity index (χ4v) is 5.30. The minimum Gasteiger partial charge on any atom is -0.321 e. The van der Waals surface area contributed by atoms with Crippen molar-refractivity contribution >= 4 is 34.8 Å². The van der Waals surface area contributed by atoms with Crippen LogP contribution in [-0.4, -0.2) is 45.2 Å². The van der Waals surface area contributed by atoms with E-state index in [1.54, 1.807) is 37.3 Å². The van der Waals surface area contributed by atoms with E-state index in [9.17, 15) is 18.4 Å². The van der Waals surface area contributed by atoms with Crippen LogP contribution in [0, 0.1) is 5.92 Å². The molecule has 15 heteroatoms. The number of halogens is 4.